The Morgan fingerprint density at radius 1 is 1.58 bits per heavy atom. The van der Waals surface area contributed by atoms with Crippen molar-refractivity contribution in [2.45, 2.75) is 6.54 Å². The molecule has 1 aromatic heterocycles. The van der Waals surface area contributed by atoms with Gasteiger partial charge in [0.2, 0.25) is 0 Å². The molecule has 0 fully saturated rings. The standard InChI is InChI=1S/C9H13N3/c1-12-5-4-11-9-2-3-10-6-8(9)7-12/h2-3,6,11H,4-5,7H2,1H3. The van der Waals surface area contributed by atoms with E-state index < -0.39 is 0 Å². The van der Waals surface area contributed by atoms with E-state index in [1.54, 1.807) is 0 Å². The van der Waals surface area contributed by atoms with Gasteiger partial charge in [-0.05, 0) is 13.1 Å². The molecule has 12 heavy (non-hydrogen) atoms. The van der Waals surface area contributed by atoms with Crippen molar-refractivity contribution >= 4 is 5.69 Å². The van der Waals surface area contributed by atoms with Crippen molar-refractivity contribution < 1.29 is 0 Å². The Kier molecular flexibility index (Phi) is 1.96. The van der Waals surface area contributed by atoms with Crippen molar-refractivity contribution in [3.63, 3.8) is 0 Å². The Bertz CT molecular complexity index is 272. The first-order valence-corrected chi connectivity index (χ1v) is 4.21. The molecule has 1 N–H and O–H groups in total. The number of hydrogen-bond donors (Lipinski definition) is 1. The summed E-state index contributed by atoms with van der Waals surface area (Å²) in [5.41, 5.74) is 2.52. The number of anilines is 1. The minimum Gasteiger partial charge on any atom is -0.383 e. The summed E-state index contributed by atoms with van der Waals surface area (Å²) in [4.78, 5) is 6.40. The smallest absolute Gasteiger partial charge is 0.0417 e. The van der Waals surface area contributed by atoms with Crippen LogP contribution in [0.15, 0.2) is 18.5 Å². The van der Waals surface area contributed by atoms with Crippen molar-refractivity contribution in [2.75, 3.05) is 25.5 Å². The van der Waals surface area contributed by atoms with Gasteiger partial charge in [0.1, 0.15) is 0 Å². The van der Waals surface area contributed by atoms with Gasteiger partial charge in [0.05, 0.1) is 0 Å². The van der Waals surface area contributed by atoms with E-state index in [0.29, 0.717) is 0 Å². The summed E-state index contributed by atoms with van der Waals surface area (Å²) in [6, 6.07) is 2.04. The van der Waals surface area contributed by atoms with Crippen LogP contribution in [0.25, 0.3) is 0 Å². The average Bonchev–Trinajstić information content (AvgIpc) is 2.25. The van der Waals surface area contributed by atoms with E-state index in [-0.39, 0.29) is 0 Å². The predicted molar refractivity (Wildman–Crippen MR) is 49.1 cm³/mol. The van der Waals surface area contributed by atoms with Crippen LogP contribution >= 0.6 is 0 Å². The fourth-order valence-corrected chi connectivity index (χ4v) is 1.48. The molecule has 0 atom stereocenters. The summed E-state index contributed by atoms with van der Waals surface area (Å²) in [6.45, 7) is 3.11. The maximum Gasteiger partial charge on any atom is 0.0417 e. The highest BCUT2D eigenvalue weighted by atomic mass is 15.1. The van der Waals surface area contributed by atoms with Crippen LogP contribution < -0.4 is 5.32 Å². The van der Waals surface area contributed by atoms with Crippen molar-refractivity contribution in [2.24, 2.45) is 0 Å². The van der Waals surface area contributed by atoms with Crippen LogP contribution in [0.2, 0.25) is 0 Å². The minimum atomic E-state index is 0.996. The third kappa shape index (κ3) is 1.41. The van der Waals surface area contributed by atoms with E-state index in [0.717, 1.165) is 19.6 Å². The van der Waals surface area contributed by atoms with Crippen molar-refractivity contribution in [1.29, 1.82) is 0 Å². The number of pyridine rings is 1. The van der Waals surface area contributed by atoms with Crippen molar-refractivity contribution in [3.8, 4) is 0 Å². The number of hydrogen-bond acceptors (Lipinski definition) is 3. The van der Waals surface area contributed by atoms with E-state index in [1.807, 2.05) is 18.5 Å². The van der Waals surface area contributed by atoms with E-state index in [4.69, 9.17) is 0 Å². The highest BCUT2D eigenvalue weighted by Gasteiger charge is 2.09. The van der Waals surface area contributed by atoms with E-state index in [2.05, 4.69) is 22.2 Å². The van der Waals surface area contributed by atoms with Gasteiger partial charge in [-0.25, -0.2) is 0 Å². The molecule has 0 aromatic carbocycles. The van der Waals surface area contributed by atoms with E-state index in [9.17, 15) is 0 Å². The number of likely N-dealkylation sites (N-methyl/N-ethyl adjacent to an activating group) is 1. The van der Waals surface area contributed by atoms with Crippen LogP contribution in [0, 0.1) is 0 Å². The Labute approximate surface area is 72.4 Å². The van der Waals surface area contributed by atoms with E-state index in [1.165, 1.54) is 11.3 Å². The number of nitrogens with zero attached hydrogens (tertiary/aromatic N) is 2. The summed E-state index contributed by atoms with van der Waals surface area (Å²) >= 11 is 0. The first-order chi connectivity index (χ1) is 5.86. The largest absolute Gasteiger partial charge is 0.383 e. The monoisotopic (exact) mass is 163 g/mol. The molecule has 1 aromatic rings. The summed E-state index contributed by atoms with van der Waals surface area (Å²) in [7, 11) is 2.13. The Morgan fingerprint density at radius 3 is 3.42 bits per heavy atom. The Hall–Kier alpha value is -1.09. The quantitative estimate of drug-likeness (QED) is 0.617. The van der Waals surface area contributed by atoms with Gasteiger partial charge in [-0.2, -0.15) is 0 Å². The van der Waals surface area contributed by atoms with Crippen LogP contribution in [-0.2, 0) is 6.54 Å². The fraction of sp³-hybridized carbons (Fsp3) is 0.444. The lowest BCUT2D eigenvalue weighted by Crippen LogP contribution is -2.20. The molecule has 64 valence electrons. The van der Waals surface area contributed by atoms with Gasteiger partial charge >= 0.3 is 0 Å². The number of rotatable bonds is 0. The van der Waals surface area contributed by atoms with Gasteiger partial charge < -0.3 is 10.2 Å². The van der Waals surface area contributed by atoms with E-state index >= 15 is 0 Å². The molecule has 3 nitrogen and oxygen atoms in total. The van der Waals surface area contributed by atoms with Crippen LogP contribution in [-0.4, -0.2) is 30.0 Å². The Morgan fingerprint density at radius 2 is 2.50 bits per heavy atom. The molecule has 0 bridgehead atoms. The Balaban J connectivity index is 2.31. The zero-order valence-electron chi connectivity index (χ0n) is 7.25. The lowest BCUT2D eigenvalue weighted by Gasteiger charge is -2.11. The number of fused-ring (bicyclic) bond motifs is 1. The third-order valence-electron chi connectivity index (χ3n) is 2.15. The number of nitrogens with one attached hydrogen (secondary N) is 1. The molecule has 0 radical (unpaired) electrons. The summed E-state index contributed by atoms with van der Waals surface area (Å²) in [6.07, 6.45) is 3.77. The first-order valence-electron chi connectivity index (χ1n) is 4.21. The molecular formula is C9H13N3. The van der Waals surface area contributed by atoms with Crippen LogP contribution in [0.5, 0.6) is 0 Å². The maximum absolute atomic E-state index is 4.11. The van der Waals surface area contributed by atoms with Gasteiger partial charge in [-0.15, -0.1) is 0 Å². The summed E-state index contributed by atoms with van der Waals surface area (Å²) < 4.78 is 0. The maximum atomic E-state index is 4.11. The van der Waals surface area contributed by atoms with Gasteiger partial charge in [0.15, 0.2) is 0 Å². The molecule has 1 aliphatic heterocycles. The summed E-state index contributed by atoms with van der Waals surface area (Å²) in [5, 5.41) is 3.37. The average molecular weight is 163 g/mol. The molecule has 0 amide bonds. The highest BCUT2D eigenvalue weighted by molar-refractivity contribution is 5.49. The zero-order chi connectivity index (χ0) is 8.39. The van der Waals surface area contributed by atoms with Gasteiger partial charge in [-0.1, -0.05) is 0 Å². The molecule has 2 rings (SSSR count). The molecule has 2 heterocycles. The molecule has 0 unspecified atom stereocenters. The van der Waals surface area contributed by atoms with Crippen molar-refractivity contribution in [3.05, 3.63) is 24.0 Å². The van der Waals surface area contributed by atoms with Crippen molar-refractivity contribution in [1.82, 2.24) is 9.88 Å². The molecule has 0 saturated heterocycles. The SMILES string of the molecule is CN1CCNc2ccncc2C1. The van der Waals surface area contributed by atoms with Gasteiger partial charge in [-0.3, -0.25) is 4.98 Å². The third-order valence-corrected chi connectivity index (χ3v) is 2.15. The molecule has 0 aliphatic carbocycles. The van der Waals surface area contributed by atoms with Crippen LogP contribution in [0.3, 0.4) is 0 Å². The predicted octanol–water partition coefficient (Wildman–Crippen LogP) is 0.939. The number of aromatic nitrogens is 1. The minimum absolute atomic E-state index is 0.996. The molecular weight excluding hydrogens is 150 g/mol. The second-order valence-electron chi connectivity index (χ2n) is 3.20. The van der Waals surface area contributed by atoms with Gasteiger partial charge in [0.25, 0.3) is 0 Å². The normalized spacial score (nSPS) is 17.8. The molecule has 0 spiro atoms. The van der Waals surface area contributed by atoms with Gasteiger partial charge in [0, 0.05) is 43.3 Å². The van der Waals surface area contributed by atoms with Crippen LogP contribution in [0.1, 0.15) is 5.56 Å². The first kappa shape index (κ1) is 7.55. The topological polar surface area (TPSA) is 28.2 Å². The molecule has 1 aliphatic rings. The molecule has 0 saturated carbocycles. The fourth-order valence-electron chi connectivity index (χ4n) is 1.48. The second kappa shape index (κ2) is 3.11. The lowest BCUT2D eigenvalue weighted by atomic mass is 10.2. The molecule has 3 heteroatoms. The lowest BCUT2D eigenvalue weighted by molar-refractivity contribution is 0.346. The van der Waals surface area contributed by atoms with Crippen LogP contribution in [0.4, 0.5) is 5.69 Å². The summed E-state index contributed by atoms with van der Waals surface area (Å²) in [5.74, 6) is 0. The zero-order valence-corrected chi connectivity index (χ0v) is 7.25. The second-order valence-corrected chi connectivity index (χ2v) is 3.20. The highest BCUT2D eigenvalue weighted by Crippen LogP contribution is 2.17.